The van der Waals surface area contributed by atoms with Gasteiger partial charge in [-0.2, -0.15) is 0 Å². The number of hydrogen-bond donors (Lipinski definition) is 0. The Morgan fingerprint density at radius 3 is 2.15 bits per heavy atom. The Balaban J connectivity index is 0.00000144. The number of hydrogen-bond acceptors (Lipinski definition) is 2. The van der Waals surface area contributed by atoms with Crippen LogP contribution in [0.25, 0.3) is 11.2 Å². The second kappa shape index (κ2) is 6.08. The molecule has 0 fully saturated rings. The molecule has 0 bridgehead atoms. The van der Waals surface area contributed by atoms with Gasteiger partial charge in [0.15, 0.2) is 0 Å². The van der Waals surface area contributed by atoms with E-state index in [4.69, 9.17) is 5.14 Å². The molecule has 0 heterocycles. The first-order valence-corrected chi connectivity index (χ1v) is 4.85. The van der Waals surface area contributed by atoms with Gasteiger partial charge in [0, 0.05) is 5.41 Å². The summed E-state index contributed by atoms with van der Waals surface area (Å²) < 4.78 is 20.8. The van der Waals surface area contributed by atoms with Gasteiger partial charge in [0.05, 0.1) is 10.0 Å². The van der Waals surface area contributed by atoms with Crippen LogP contribution in [0.4, 0.5) is 0 Å². The largest absolute Gasteiger partial charge is 1.00 e. The van der Waals surface area contributed by atoms with Crippen LogP contribution in [-0.2, 0) is 10.0 Å². The maximum Gasteiger partial charge on any atom is 1.00 e. The Morgan fingerprint density at radius 2 is 1.69 bits per heavy atom. The van der Waals surface area contributed by atoms with Crippen molar-refractivity contribution in [1.29, 1.82) is 0 Å². The molecule has 1 N–H and O–H groups in total. The SMILES string of the molecule is [K+].[NH-]S(=O)(=O)/C=C/c1ccccc1. The van der Waals surface area contributed by atoms with Gasteiger partial charge >= 0.3 is 51.4 Å². The summed E-state index contributed by atoms with van der Waals surface area (Å²) in [4.78, 5) is 0. The van der Waals surface area contributed by atoms with E-state index in [0.717, 1.165) is 11.0 Å². The van der Waals surface area contributed by atoms with Gasteiger partial charge in [-0.05, 0) is 11.6 Å². The summed E-state index contributed by atoms with van der Waals surface area (Å²) in [5, 5.41) is 7.43. The molecule has 0 unspecified atom stereocenters. The average molecular weight is 221 g/mol. The Bertz CT molecular complexity index is 372. The van der Waals surface area contributed by atoms with Crippen LogP contribution in [0.3, 0.4) is 0 Å². The van der Waals surface area contributed by atoms with Gasteiger partial charge in [0.1, 0.15) is 0 Å². The van der Waals surface area contributed by atoms with Crippen molar-refractivity contribution in [1.82, 2.24) is 0 Å². The third-order valence-corrected chi connectivity index (χ3v) is 1.73. The summed E-state index contributed by atoms with van der Waals surface area (Å²) in [6, 6.07) is 8.97. The Labute approximate surface area is 120 Å². The van der Waals surface area contributed by atoms with Gasteiger partial charge in [-0.15, -0.1) is 0 Å². The van der Waals surface area contributed by atoms with Crippen molar-refractivity contribution in [3.8, 4) is 0 Å². The molecule has 64 valence electrons. The van der Waals surface area contributed by atoms with E-state index >= 15 is 0 Å². The first-order valence-electron chi connectivity index (χ1n) is 3.31. The molecule has 0 radical (unpaired) electrons. The molecule has 0 saturated carbocycles. The first-order chi connectivity index (χ1) is 5.58. The molecule has 13 heavy (non-hydrogen) atoms. The number of nitrogens with one attached hydrogen (secondary N) is 1. The topological polar surface area (TPSA) is 57.9 Å². The molecule has 0 aliphatic carbocycles. The Morgan fingerprint density at radius 1 is 1.15 bits per heavy atom. The van der Waals surface area contributed by atoms with Crippen molar-refractivity contribution in [3.05, 3.63) is 46.4 Å². The summed E-state index contributed by atoms with van der Waals surface area (Å²) in [5.41, 5.74) is 0.772. The fourth-order valence-corrected chi connectivity index (χ4v) is 1.07. The van der Waals surface area contributed by atoms with E-state index in [9.17, 15) is 8.42 Å². The molecular weight excluding hydrogens is 213 g/mol. The van der Waals surface area contributed by atoms with Crippen molar-refractivity contribution in [2.75, 3.05) is 0 Å². The molecule has 0 amide bonds. The number of rotatable bonds is 2. The van der Waals surface area contributed by atoms with E-state index in [1.165, 1.54) is 6.08 Å². The molecule has 0 spiro atoms. The normalized spacial score (nSPS) is 11.2. The number of benzene rings is 1. The summed E-state index contributed by atoms with van der Waals surface area (Å²) in [5.74, 6) is 0. The quantitative estimate of drug-likeness (QED) is 0.604. The van der Waals surface area contributed by atoms with Crippen LogP contribution in [0.1, 0.15) is 5.56 Å². The Kier molecular flexibility index (Phi) is 6.31. The summed E-state index contributed by atoms with van der Waals surface area (Å²) in [7, 11) is -3.75. The Hall–Kier alpha value is 0.506. The summed E-state index contributed by atoms with van der Waals surface area (Å²) >= 11 is 0. The zero-order valence-electron chi connectivity index (χ0n) is 7.27. The molecule has 0 atom stereocenters. The van der Waals surface area contributed by atoms with Gasteiger partial charge in [0.2, 0.25) is 0 Å². The second-order valence-corrected chi connectivity index (χ2v) is 3.62. The fourth-order valence-electron chi connectivity index (χ4n) is 0.732. The minimum Gasteiger partial charge on any atom is -0.560 e. The van der Waals surface area contributed by atoms with Crippen LogP contribution >= 0.6 is 0 Å². The van der Waals surface area contributed by atoms with Crippen molar-refractivity contribution in [2.45, 2.75) is 0 Å². The molecule has 3 nitrogen and oxygen atoms in total. The summed E-state index contributed by atoms with van der Waals surface area (Å²) in [6.45, 7) is 0. The van der Waals surface area contributed by atoms with Crippen molar-refractivity contribution < 1.29 is 59.8 Å². The van der Waals surface area contributed by atoms with Crippen LogP contribution in [0, 0.1) is 0 Å². The predicted molar refractivity (Wildman–Crippen MR) is 48.7 cm³/mol. The fraction of sp³-hybridized carbons (Fsp3) is 0. The van der Waals surface area contributed by atoms with Crippen molar-refractivity contribution in [2.24, 2.45) is 0 Å². The zero-order chi connectivity index (χ0) is 9.03. The minimum atomic E-state index is -3.75. The molecule has 1 aromatic rings. The van der Waals surface area contributed by atoms with E-state index in [2.05, 4.69) is 0 Å². The van der Waals surface area contributed by atoms with Crippen molar-refractivity contribution in [3.63, 3.8) is 0 Å². The molecule has 0 aliphatic heterocycles. The predicted octanol–water partition coefficient (Wildman–Crippen LogP) is -0.957. The molecule has 0 saturated heterocycles. The van der Waals surface area contributed by atoms with Crippen molar-refractivity contribution >= 4 is 16.1 Å². The molecule has 1 aromatic carbocycles. The standard InChI is InChI=1S/C8H8NO2S.K/c9-12(10,11)7-6-8-4-2-1-3-5-8;/h1-7H,(H-,9,10,11);/q-1;+1/b7-6+;. The second-order valence-electron chi connectivity index (χ2n) is 2.26. The molecular formula is C8H8KNO2S. The van der Waals surface area contributed by atoms with Crippen LogP contribution in [0.2, 0.25) is 0 Å². The molecule has 0 aromatic heterocycles. The number of sulfonamides is 1. The third-order valence-electron chi connectivity index (χ3n) is 1.24. The molecule has 1 rings (SSSR count). The van der Waals surface area contributed by atoms with E-state index in [-0.39, 0.29) is 51.4 Å². The van der Waals surface area contributed by atoms with E-state index in [0.29, 0.717) is 0 Å². The van der Waals surface area contributed by atoms with Gasteiger partial charge in [-0.3, -0.25) is 0 Å². The maximum absolute atomic E-state index is 10.4. The molecule has 0 aliphatic rings. The van der Waals surface area contributed by atoms with Gasteiger partial charge < -0.3 is 5.14 Å². The minimum absolute atomic E-state index is 0. The maximum atomic E-state index is 10.4. The van der Waals surface area contributed by atoms with Crippen LogP contribution in [0.5, 0.6) is 0 Å². The van der Waals surface area contributed by atoms with Gasteiger partial charge in [-0.25, -0.2) is 8.42 Å². The zero-order valence-corrected chi connectivity index (χ0v) is 11.2. The third kappa shape index (κ3) is 6.56. The monoisotopic (exact) mass is 221 g/mol. The van der Waals surface area contributed by atoms with E-state index < -0.39 is 10.0 Å². The van der Waals surface area contributed by atoms with Gasteiger partial charge in [-0.1, -0.05) is 30.3 Å². The smallest absolute Gasteiger partial charge is 0.560 e. The summed E-state index contributed by atoms with van der Waals surface area (Å²) in [6.07, 6.45) is 1.39. The van der Waals surface area contributed by atoms with E-state index in [1.54, 1.807) is 24.3 Å². The van der Waals surface area contributed by atoms with Crippen LogP contribution < -0.4 is 51.4 Å². The van der Waals surface area contributed by atoms with Crippen LogP contribution in [-0.4, -0.2) is 8.42 Å². The van der Waals surface area contributed by atoms with Gasteiger partial charge in [0.25, 0.3) is 0 Å². The van der Waals surface area contributed by atoms with E-state index in [1.807, 2.05) is 6.07 Å². The van der Waals surface area contributed by atoms with Crippen LogP contribution in [0.15, 0.2) is 35.7 Å². The first kappa shape index (κ1) is 13.5. The molecule has 5 heteroatoms. The average Bonchev–Trinajstić information content (AvgIpc) is 2.02.